The molecule has 5 nitrogen and oxygen atoms in total. The van der Waals surface area contributed by atoms with Crippen LogP contribution in [0.1, 0.15) is 25.6 Å². The Labute approximate surface area is 125 Å². The van der Waals surface area contributed by atoms with Crippen LogP contribution in [0.5, 0.6) is 0 Å². The molecule has 0 aliphatic carbocycles. The van der Waals surface area contributed by atoms with E-state index in [2.05, 4.69) is 9.97 Å². The number of nitro groups is 1. The number of hydrogen-bond acceptors (Lipinski definition) is 5. The second-order valence-corrected chi connectivity index (χ2v) is 5.88. The topological polar surface area (TPSA) is 68.9 Å². The van der Waals surface area contributed by atoms with Crippen LogP contribution in [0.25, 0.3) is 0 Å². The summed E-state index contributed by atoms with van der Waals surface area (Å²) in [5, 5.41) is 11.7. The van der Waals surface area contributed by atoms with Gasteiger partial charge in [0.25, 0.3) is 5.69 Å². The van der Waals surface area contributed by atoms with Gasteiger partial charge in [0.15, 0.2) is 0 Å². The Kier molecular flexibility index (Phi) is 4.57. The van der Waals surface area contributed by atoms with Gasteiger partial charge in [-0.25, -0.2) is 9.97 Å². The van der Waals surface area contributed by atoms with Gasteiger partial charge in [-0.05, 0) is 12.1 Å². The van der Waals surface area contributed by atoms with E-state index in [1.165, 1.54) is 23.9 Å². The molecular weight excluding hydrogens is 298 g/mol. The first-order valence-corrected chi connectivity index (χ1v) is 7.12. The largest absolute Gasteiger partial charge is 0.269 e. The molecule has 0 atom stereocenters. The first kappa shape index (κ1) is 14.7. The maximum atomic E-state index is 10.6. The minimum Gasteiger partial charge on any atom is -0.258 e. The molecule has 2 rings (SSSR count). The van der Waals surface area contributed by atoms with Gasteiger partial charge in [0.05, 0.1) is 4.92 Å². The maximum Gasteiger partial charge on any atom is 0.269 e. The minimum absolute atomic E-state index is 0.0675. The number of rotatable bonds is 4. The third-order valence-electron chi connectivity index (χ3n) is 2.48. The monoisotopic (exact) mass is 309 g/mol. The van der Waals surface area contributed by atoms with E-state index in [1.807, 2.05) is 13.8 Å². The normalized spacial score (nSPS) is 10.8. The zero-order chi connectivity index (χ0) is 14.7. The molecular formula is C13H12ClN3O2S. The van der Waals surface area contributed by atoms with Gasteiger partial charge >= 0.3 is 0 Å². The first-order chi connectivity index (χ1) is 9.45. The molecule has 1 aromatic carbocycles. The van der Waals surface area contributed by atoms with Crippen LogP contribution in [0.2, 0.25) is 5.15 Å². The summed E-state index contributed by atoms with van der Waals surface area (Å²) in [4.78, 5) is 19.6. The summed E-state index contributed by atoms with van der Waals surface area (Å²) in [7, 11) is 0. The molecule has 0 bridgehead atoms. The molecule has 0 radical (unpaired) electrons. The van der Waals surface area contributed by atoms with Crippen LogP contribution >= 0.6 is 23.4 Å². The third kappa shape index (κ3) is 3.68. The number of nitro benzene ring substituents is 1. The van der Waals surface area contributed by atoms with E-state index in [0.29, 0.717) is 11.0 Å². The lowest BCUT2D eigenvalue weighted by atomic mass is 10.2. The van der Waals surface area contributed by atoms with Crippen molar-refractivity contribution in [1.29, 1.82) is 0 Å². The van der Waals surface area contributed by atoms with E-state index in [0.717, 1.165) is 9.92 Å². The van der Waals surface area contributed by atoms with Crippen LogP contribution in [0.15, 0.2) is 40.3 Å². The van der Waals surface area contributed by atoms with Crippen molar-refractivity contribution in [3.63, 3.8) is 0 Å². The SMILES string of the molecule is CC(C)c1nc(Cl)cc(Sc2ccc([N+](=O)[O-])cc2)n1. The molecule has 0 saturated carbocycles. The molecule has 7 heteroatoms. The Morgan fingerprint density at radius 2 is 1.90 bits per heavy atom. The molecule has 104 valence electrons. The Hall–Kier alpha value is -1.66. The van der Waals surface area contributed by atoms with Gasteiger partial charge in [-0.3, -0.25) is 10.1 Å². The highest BCUT2D eigenvalue weighted by Gasteiger charge is 2.09. The summed E-state index contributed by atoms with van der Waals surface area (Å²) in [6.45, 7) is 3.98. The van der Waals surface area contributed by atoms with Crippen molar-refractivity contribution in [2.24, 2.45) is 0 Å². The molecule has 20 heavy (non-hydrogen) atoms. The fourth-order valence-corrected chi connectivity index (χ4v) is 2.56. The molecule has 0 aliphatic heterocycles. The minimum atomic E-state index is -0.424. The number of benzene rings is 1. The molecule has 1 heterocycles. The van der Waals surface area contributed by atoms with Crippen molar-refractivity contribution in [3.05, 3.63) is 51.4 Å². The smallest absolute Gasteiger partial charge is 0.258 e. The van der Waals surface area contributed by atoms with Crippen molar-refractivity contribution in [2.45, 2.75) is 29.7 Å². The summed E-state index contributed by atoms with van der Waals surface area (Å²) in [6.07, 6.45) is 0. The van der Waals surface area contributed by atoms with Gasteiger partial charge in [0.2, 0.25) is 0 Å². The Balaban J connectivity index is 2.23. The lowest BCUT2D eigenvalue weighted by molar-refractivity contribution is -0.384. The maximum absolute atomic E-state index is 10.6. The van der Waals surface area contributed by atoms with Gasteiger partial charge in [-0.1, -0.05) is 37.2 Å². The predicted molar refractivity (Wildman–Crippen MR) is 78.4 cm³/mol. The van der Waals surface area contributed by atoms with Gasteiger partial charge < -0.3 is 0 Å². The number of halogens is 1. The van der Waals surface area contributed by atoms with Gasteiger partial charge in [-0.15, -0.1) is 0 Å². The lowest BCUT2D eigenvalue weighted by Gasteiger charge is -2.07. The average Bonchev–Trinajstić information content (AvgIpc) is 2.38. The van der Waals surface area contributed by atoms with Crippen molar-refractivity contribution < 1.29 is 4.92 Å². The summed E-state index contributed by atoms with van der Waals surface area (Å²) in [5.74, 6) is 0.867. The number of non-ortho nitro benzene ring substituents is 1. The van der Waals surface area contributed by atoms with E-state index >= 15 is 0 Å². The summed E-state index contributed by atoms with van der Waals surface area (Å²) in [6, 6.07) is 7.99. The first-order valence-electron chi connectivity index (χ1n) is 5.92. The molecule has 0 saturated heterocycles. The van der Waals surface area contributed by atoms with Gasteiger partial charge in [-0.2, -0.15) is 0 Å². The Morgan fingerprint density at radius 1 is 1.25 bits per heavy atom. The molecule has 0 unspecified atom stereocenters. The molecule has 0 N–H and O–H groups in total. The van der Waals surface area contributed by atoms with Crippen molar-refractivity contribution in [1.82, 2.24) is 9.97 Å². The Bertz CT molecular complexity index is 632. The highest BCUT2D eigenvalue weighted by molar-refractivity contribution is 7.99. The predicted octanol–water partition coefficient (Wildman–Crippen LogP) is 4.31. The van der Waals surface area contributed by atoms with Crippen molar-refractivity contribution >= 4 is 29.1 Å². The van der Waals surface area contributed by atoms with E-state index < -0.39 is 4.92 Å². The van der Waals surface area contributed by atoms with Crippen LogP contribution in [0.4, 0.5) is 5.69 Å². The van der Waals surface area contributed by atoms with Crippen LogP contribution in [-0.4, -0.2) is 14.9 Å². The number of hydrogen-bond donors (Lipinski definition) is 0. The highest BCUT2D eigenvalue weighted by atomic mass is 35.5. The van der Waals surface area contributed by atoms with Gasteiger partial charge in [0, 0.05) is 29.0 Å². The molecule has 0 amide bonds. The Morgan fingerprint density at radius 3 is 2.45 bits per heavy atom. The standard InChI is InChI=1S/C13H12ClN3O2S/c1-8(2)13-15-11(14)7-12(16-13)20-10-5-3-9(4-6-10)17(18)19/h3-8H,1-2H3. The molecule has 2 aromatic rings. The summed E-state index contributed by atoms with van der Waals surface area (Å²) < 4.78 is 0. The second-order valence-electron chi connectivity index (χ2n) is 4.39. The quantitative estimate of drug-likeness (QED) is 0.478. The van der Waals surface area contributed by atoms with Crippen molar-refractivity contribution in [3.8, 4) is 0 Å². The molecule has 0 spiro atoms. The fraction of sp³-hybridized carbons (Fsp3) is 0.231. The van der Waals surface area contributed by atoms with Crippen LogP contribution < -0.4 is 0 Å². The van der Waals surface area contributed by atoms with Crippen LogP contribution in [0, 0.1) is 10.1 Å². The number of aromatic nitrogens is 2. The van der Waals surface area contributed by atoms with E-state index in [9.17, 15) is 10.1 Å². The van der Waals surface area contributed by atoms with Gasteiger partial charge in [0.1, 0.15) is 16.0 Å². The zero-order valence-electron chi connectivity index (χ0n) is 10.9. The van der Waals surface area contributed by atoms with Crippen molar-refractivity contribution in [2.75, 3.05) is 0 Å². The summed E-state index contributed by atoms with van der Waals surface area (Å²) in [5.41, 5.74) is 0.0675. The fourth-order valence-electron chi connectivity index (χ4n) is 1.48. The number of nitrogens with zero attached hydrogens (tertiary/aromatic N) is 3. The van der Waals surface area contributed by atoms with Crippen LogP contribution in [0.3, 0.4) is 0 Å². The van der Waals surface area contributed by atoms with E-state index in [-0.39, 0.29) is 11.6 Å². The molecule has 1 aromatic heterocycles. The zero-order valence-corrected chi connectivity index (χ0v) is 12.5. The van der Waals surface area contributed by atoms with E-state index in [1.54, 1.807) is 18.2 Å². The average molecular weight is 310 g/mol. The lowest BCUT2D eigenvalue weighted by Crippen LogP contribution is -1.98. The van der Waals surface area contributed by atoms with Crippen LogP contribution in [-0.2, 0) is 0 Å². The summed E-state index contributed by atoms with van der Waals surface area (Å²) >= 11 is 7.37. The third-order valence-corrected chi connectivity index (χ3v) is 3.59. The molecule has 0 aliphatic rings. The second kappa shape index (κ2) is 6.19. The van der Waals surface area contributed by atoms with E-state index in [4.69, 9.17) is 11.6 Å². The highest BCUT2D eigenvalue weighted by Crippen LogP contribution is 2.29. The molecule has 0 fully saturated rings.